The number of carboxylic acid groups (broad SMARTS) is 1. The lowest BCUT2D eigenvalue weighted by molar-refractivity contribution is -0.386. The fraction of sp³-hybridized carbons (Fsp3) is 0.948. The summed E-state index contributed by atoms with van der Waals surface area (Å²) in [5, 5.41) is 135. The van der Waals surface area contributed by atoms with Crippen LogP contribution in [0, 0.1) is 0 Å². The molecule has 3 heterocycles. The van der Waals surface area contributed by atoms with E-state index in [1.165, 1.54) is 109 Å². The topological polar surface area (TPSA) is 373 Å². The second kappa shape index (κ2) is 40.9. The molecule has 18 unspecified atom stereocenters. The van der Waals surface area contributed by atoms with Crippen molar-refractivity contribution in [3.05, 3.63) is 0 Å². The van der Waals surface area contributed by atoms with Crippen molar-refractivity contribution >= 4 is 17.8 Å². The van der Waals surface area contributed by atoms with Crippen LogP contribution in [0.3, 0.4) is 0 Å². The van der Waals surface area contributed by atoms with Crippen molar-refractivity contribution in [2.75, 3.05) is 26.4 Å². The quantitative estimate of drug-likeness (QED) is 0.0390. The lowest BCUT2D eigenvalue weighted by Gasteiger charge is -2.50. The maximum atomic E-state index is 13.4. The van der Waals surface area contributed by atoms with Crippen molar-refractivity contribution in [1.29, 1.82) is 0 Å². The molecular weight excluding hydrogens is 1060 g/mol. The third-order valence-electron chi connectivity index (χ3n) is 16.1. The van der Waals surface area contributed by atoms with E-state index in [1.54, 1.807) is 0 Å². The summed E-state index contributed by atoms with van der Waals surface area (Å²) in [4.78, 5) is 38.4. The van der Waals surface area contributed by atoms with Gasteiger partial charge in [0.2, 0.25) is 11.8 Å². The number of aliphatic hydroxyl groups excluding tert-OH is 11. The van der Waals surface area contributed by atoms with E-state index >= 15 is 0 Å². The highest BCUT2D eigenvalue weighted by Gasteiger charge is 2.60. The van der Waals surface area contributed by atoms with E-state index in [9.17, 15) is 75.7 Å². The zero-order chi connectivity index (χ0) is 59.7. The molecule has 23 heteroatoms. The van der Waals surface area contributed by atoms with E-state index in [0.29, 0.717) is 19.3 Å². The summed E-state index contributed by atoms with van der Waals surface area (Å²) in [6, 6.07) is -2.52. The van der Waals surface area contributed by atoms with Gasteiger partial charge in [-0.2, -0.15) is 0 Å². The van der Waals surface area contributed by atoms with Crippen molar-refractivity contribution in [3.8, 4) is 0 Å². The average Bonchev–Trinajstić information content (AvgIpc) is 3.48. The van der Waals surface area contributed by atoms with Crippen LogP contribution in [-0.4, -0.2) is 215 Å². The van der Waals surface area contributed by atoms with Gasteiger partial charge >= 0.3 is 5.97 Å². The number of nitrogens with one attached hydrogen (secondary N) is 2. The molecule has 3 saturated heterocycles. The molecule has 3 aliphatic heterocycles. The minimum atomic E-state index is -3.07. The largest absolute Gasteiger partial charge is 0.477 e. The van der Waals surface area contributed by atoms with Gasteiger partial charge in [-0.15, -0.1) is 0 Å². The Kier molecular flexibility index (Phi) is 36.9. The number of hydrogen-bond acceptors (Lipinski definition) is 20. The maximum absolute atomic E-state index is 13.4. The Bertz CT molecular complexity index is 1670. The number of unbranched alkanes of at least 4 members (excludes halogenated alkanes) is 25. The van der Waals surface area contributed by atoms with Crippen LogP contribution < -0.4 is 10.6 Å². The number of hydrogen-bond donors (Lipinski definition) is 14. The molecule has 18 atom stereocenters. The third-order valence-corrected chi connectivity index (χ3v) is 16.1. The Hall–Kier alpha value is -2.27. The summed E-state index contributed by atoms with van der Waals surface area (Å²) < 4.78 is 34.7. The van der Waals surface area contributed by atoms with Crippen molar-refractivity contribution in [1.82, 2.24) is 10.6 Å². The van der Waals surface area contributed by atoms with Crippen LogP contribution in [0.15, 0.2) is 0 Å². The number of aliphatic hydroxyl groups is 11. The fourth-order valence-electron chi connectivity index (χ4n) is 11.1. The van der Waals surface area contributed by atoms with Crippen molar-refractivity contribution in [2.45, 2.75) is 323 Å². The number of carbonyl (C=O) groups is 3. The van der Waals surface area contributed by atoms with Gasteiger partial charge in [-0.05, 0) is 12.8 Å². The van der Waals surface area contributed by atoms with Crippen molar-refractivity contribution in [3.63, 3.8) is 0 Å². The number of rotatable bonds is 45. The van der Waals surface area contributed by atoms with Gasteiger partial charge in [0.25, 0.3) is 5.79 Å². The highest BCUT2D eigenvalue weighted by atomic mass is 16.8. The number of amides is 2. The van der Waals surface area contributed by atoms with Crippen LogP contribution in [0.2, 0.25) is 0 Å². The Morgan fingerprint density at radius 3 is 1.54 bits per heavy atom. The summed E-state index contributed by atoms with van der Waals surface area (Å²) in [6.45, 7) is 2.16. The molecule has 0 aliphatic carbocycles. The van der Waals surface area contributed by atoms with Gasteiger partial charge in [-0.25, -0.2) is 4.79 Å². The van der Waals surface area contributed by atoms with E-state index in [4.69, 9.17) is 28.4 Å². The monoisotopic (exact) mass is 1170 g/mol. The summed E-state index contributed by atoms with van der Waals surface area (Å²) in [5.74, 6) is -6.10. The van der Waals surface area contributed by atoms with E-state index in [0.717, 1.165) is 58.3 Å². The van der Waals surface area contributed by atoms with E-state index in [-0.39, 0.29) is 18.9 Å². The van der Waals surface area contributed by atoms with Crippen LogP contribution in [0.1, 0.15) is 213 Å². The van der Waals surface area contributed by atoms with Crippen LogP contribution in [0.25, 0.3) is 0 Å². The first-order valence-corrected chi connectivity index (χ1v) is 30.9. The molecular formula is C58H108N2O21. The Labute approximate surface area is 480 Å². The zero-order valence-electron chi connectivity index (χ0n) is 48.9. The number of carbonyl (C=O) groups excluding carboxylic acids is 2. The zero-order valence-corrected chi connectivity index (χ0v) is 48.9. The molecule has 0 radical (unpaired) electrons. The second-order valence-corrected chi connectivity index (χ2v) is 22.9. The fourth-order valence-corrected chi connectivity index (χ4v) is 11.1. The summed E-state index contributed by atoms with van der Waals surface area (Å²) in [6.07, 6.45) is 2.85. The van der Waals surface area contributed by atoms with Crippen LogP contribution >= 0.6 is 0 Å². The van der Waals surface area contributed by atoms with Gasteiger partial charge in [0.1, 0.15) is 67.1 Å². The van der Waals surface area contributed by atoms with E-state index in [2.05, 4.69) is 24.5 Å². The van der Waals surface area contributed by atoms with Crippen LogP contribution in [-0.2, 0) is 42.8 Å². The second-order valence-electron chi connectivity index (χ2n) is 22.9. The molecule has 3 fully saturated rings. The molecule has 3 aliphatic rings. The van der Waals surface area contributed by atoms with Crippen molar-refractivity contribution < 1.29 is 104 Å². The molecule has 0 saturated carbocycles. The third kappa shape index (κ3) is 25.3. The minimum Gasteiger partial charge on any atom is -0.477 e. The molecule has 2 amide bonds. The van der Waals surface area contributed by atoms with E-state index < -0.39 is 148 Å². The van der Waals surface area contributed by atoms with Gasteiger partial charge in [0, 0.05) is 19.8 Å². The van der Waals surface area contributed by atoms with Crippen LogP contribution in [0.4, 0.5) is 0 Å². The molecule has 0 aromatic heterocycles. The standard InChI is InChI=1S/C58H108N2O21/c1-4-6-8-10-12-14-16-17-18-19-20-21-22-24-26-28-30-32-45(68)60-39(40(65)31-29-27-25-23-15-13-11-9-7-5-2)37-76-55-50(72)49(71)52(44(36-63)78-55)79-56-51(73)54(48(70)43(35-62)77-56)81-58(57(74)75)33-41(66)46(59-38(3)64)53(80-58)47(69)42(67)34-61/h39-44,46-56,61-63,65-67,69-73H,4-37H2,1-3H3,(H,59,64)(H,60,68)(H,74,75). The number of ether oxygens (including phenoxy) is 6. The smallest absolute Gasteiger partial charge is 0.364 e. The summed E-state index contributed by atoms with van der Waals surface area (Å²) in [5.41, 5.74) is 0. The molecule has 0 bridgehead atoms. The molecule has 14 N–H and O–H groups in total. The van der Waals surface area contributed by atoms with Gasteiger partial charge in [-0.1, -0.05) is 181 Å². The minimum absolute atomic E-state index is 0.228. The SMILES string of the molecule is CCCCCCCCCCCCCCCCCCCC(=O)NC(COC1OC(CO)C(OC2OC(CO)C(O)C(OC3(C(=O)O)CC(O)C(NC(C)=O)C(C(O)C(O)CO)O3)C2O)C(O)C1O)C(O)CCCCCCCCCCCC. The maximum Gasteiger partial charge on any atom is 0.364 e. The van der Waals surface area contributed by atoms with Gasteiger partial charge in [0.15, 0.2) is 12.6 Å². The molecule has 81 heavy (non-hydrogen) atoms. The Morgan fingerprint density at radius 1 is 0.593 bits per heavy atom. The first-order chi connectivity index (χ1) is 38.9. The Morgan fingerprint density at radius 2 is 1.07 bits per heavy atom. The molecule has 23 nitrogen and oxygen atoms in total. The molecule has 0 aromatic carbocycles. The highest BCUT2D eigenvalue weighted by Crippen LogP contribution is 2.38. The number of carboxylic acids is 1. The van der Waals surface area contributed by atoms with E-state index in [1.807, 2.05) is 0 Å². The highest BCUT2D eigenvalue weighted by molar-refractivity contribution is 5.77. The molecule has 476 valence electrons. The predicted octanol–water partition coefficient (Wildman–Crippen LogP) is 3.00. The molecule has 3 rings (SSSR count). The molecule has 0 spiro atoms. The van der Waals surface area contributed by atoms with Gasteiger partial charge in [0.05, 0.1) is 50.7 Å². The van der Waals surface area contributed by atoms with Gasteiger partial charge in [-0.3, -0.25) is 9.59 Å². The normalized spacial score (nSPS) is 30.4. The lowest BCUT2D eigenvalue weighted by atomic mass is 9.88. The van der Waals surface area contributed by atoms with Crippen LogP contribution in [0.5, 0.6) is 0 Å². The predicted molar refractivity (Wildman–Crippen MR) is 297 cm³/mol. The van der Waals surface area contributed by atoms with Crippen molar-refractivity contribution in [2.24, 2.45) is 0 Å². The first kappa shape index (κ1) is 73.0. The lowest BCUT2D eigenvalue weighted by Crippen LogP contribution is -2.70. The molecule has 0 aromatic rings. The summed E-state index contributed by atoms with van der Waals surface area (Å²) >= 11 is 0. The summed E-state index contributed by atoms with van der Waals surface area (Å²) in [7, 11) is 0. The van der Waals surface area contributed by atoms with Gasteiger partial charge < -0.3 is 100 Å². The Balaban J connectivity index is 1.63. The first-order valence-electron chi connectivity index (χ1n) is 30.9. The number of aliphatic carboxylic acids is 1. The average molecular weight is 1170 g/mol.